The molecule has 12 aliphatic carbocycles. The van der Waals surface area contributed by atoms with E-state index in [2.05, 4.69) is 157 Å². The molecule has 12 unspecified atom stereocenters. The van der Waals surface area contributed by atoms with E-state index in [1.54, 1.807) is 50.2 Å². The highest BCUT2D eigenvalue weighted by Gasteiger charge is 2.79. The van der Waals surface area contributed by atoms with Gasteiger partial charge in [-0.25, -0.2) is 0 Å². The Morgan fingerprint density at radius 2 is 0.487 bits per heavy atom. The number of nitrogens with one attached hydrogen (secondary N) is 2. The predicted octanol–water partition coefficient (Wildman–Crippen LogP) is 14.4. The van der Waals surface area contributed by atoms with Gasteiger partial charge in [0.1, 0.15) is 36.6 Å². The van der Waals surface area contributed by atoms with Crippen LogP contribution in [-0.2, 0) is 80.6 Å². The number of aromatic hydroxyl groups is 6. The molecule has 24 aliphatic rings. The lowest BCUT2D eigenvalue weighted by Gasteiger charge is -2.65. The molecule has 6 aromatic carbocycles. The lowest BCUT2D eigenvalue weighted by atomic mass is 9.43. The molecule has 150 heavy (non-hydrogen) atoms. The molecular weight excluding hydrogens is 1890 g/mol. The molecule has 26 heteroatoms. The van der Waals surface area contributed by atoms with Crippen molar-refractivity contribution < 1.29 is 78.9 Å². The fourth-order valence-corrected chi connectivity index (χ4v) is 39.7. The van der Waals surface area contributed by atoms with E-state index in [1.165, 1.54) is 66.8 Å². The van der Waals surface area contributed by atoms with E-state index in [-0.39, 0.29) is 172 Å². The molecule has 2 amide bonds. The Morgan fingerprint density at radius 1 is 0.300 bits per heavy atom. The third kappa shape index (κ3) is 12.9. The van der Waals surface area contributed by atoms with E-state index in [9.17, 15) is 50.4 Å². The summed E-state index contributed by atoms with van der Waals surface area (Å²) in [6.45, 7) is 52.9. The maximum Gasteiger partial charge on any atom is 0.217 e. The Bertz CT molecular complexity index is 5960. The van der Waals surface area contributed by atoms with E-state index < -0.39 is 12.2 Å². The quantitative estimate of drug-likeness (QED) is 0.0451. The van der Waals surface area contributed by atoms with Crippen molar-refractivity contribution in [2.75, 3.05) is 78.5 Å². The van der Waals surface area contributed by atoms with Crippen LogP contribution in [0.3, 0.4) is 0 Å². The van der Waals surface area contributed by atoms with Crippen LogP contribution in [0.25, 0.3) is 0 Å². The summed E-state index contributed by atoms with van der Waals surface area (Å²) in [5.74, 6) is 5.47. The number of phenolic OH excluding ortho intramolecular Hbond substituents is 6. The fourth-order valence-electron chi connectivity index (χ4n) is 39.7. The van der Waals surface area contributed by atoms with Crippen LogP contribution in [0.15, 0.2) is 149 Å². The van der Waals surface area contributed by atoms with Crippen molar-refractivity contribution in [1.29, 1.82) is 0 Å². The molecule has 12 fully saturated rings. The predicted molar refractivity (Wildman–Crippen MR) is 576 cm³/mol. The Labute approximate surface area is 883 Å². The van der Waals surface area contributed by atoms with E-state index in [0.29, 0.717) is 59.2 Å². The lowest BCUT2D eigenvalue weighted by molar-refractivity contribution is -0.150. The number of amides is 2. The molecule has 800 valence electrons. The number of hydrogen-bond donors (Lipinski definition) is 12. The lowest BCUT2D eigenvalue weighted by Crippen LogP contribution is -2.73. The van der Waals surface area contributed by atoms with E-state index >= 15 is 0 Å². The van der Waals surface area contributed by atoms with Crippen LogP contribution < -0.4 is 50.5 Å². The first-order chi connectivity index (χ1) is 71.9. The average Bonchev–Trinajstić information content (AvgIpc) is 1.48. The second kappa shape index (κ2) is 35.2. The van der Waals surface area contributed by atoms with Gasteiger partial charge < -0.3 is 91.4 Å². The average molecular weight is 2040 g/mol. The number of carbonyl (C=O) groups excluding carboxylic acids is 2. The Kier molecular flexibility index (Phi) is 23.6. The van der Waals surface area contributed by atoms with E-state index in [0.717, 1.165) is 244 Å². The molecule has 6 saturated carbocycles. The SMILES string of the molecule is C=CCN1CC[C@]23c4c5ccc(O)c4OC2[C@@H](N)CC[C@@]3(C)C1C5.C=CCN1CC[C@]23c4c5ccc(O)c4OC2[C@@H](NC(C)=O)CC[C@@]3(C)C1C5.C=CCN1CC[C@]23c4c5ccc(O)c4OC2[C@@H](O)CC[C@@]3(C)C1C5.C=CCN1CC[C@]23c4c5ccc(O)c4OC2[C@H](N)CC[C@@]3(C)C1C5.C=CCN1CC[C@]23c4c5ccc(O)c4OC2[C@H](NC(C)=O)CC[C@@]3(C)C1C5.C=CCN1CC[C@]23c4c5ccc(O)c4OC2[C@H](O)CC[C@@]3(C)C1C5. The van der Waals surface area contributed by atoms with Crippen molar-refractivity contribution in [2.45, 2.75) is 351 Å². The van der Waals surface area contributed by atoms with E-state index in [4.69, 9.17) is 39.9 Å². The summed E-state index contributed by atoms with van der Waals surface area (Å²) in [6, 6.07) is 25.9. The molecule has 14 N–H and O–H groups in total. The number of aliphatic hydroxyl groups is 2. The van der Waals surface area contributed by atoms with Gasteiger partial charge in [0.05, 0.1) is 24.3 Å². The third-order valence-electron chi connectivity index (χ3n) is 45.8. The fraction of sp³-hybridized carbons (Fsp3) is 0.597. The van der Waals surface area contributed by atoms with Gasteiger partial charge in [-0.1, -0.05) is 114 Å². The number of aliphatic hydroxyl groups excluding tert-OH is 2. The topological polar surface area (TPSA) is 347 Å². The van der Waals surface area contributed by atoms with Crippen molar-refractivity contribution in [3.63, 3.8) is 0 Å². The number of rotatable bonds is 14. The highest BCUT2D eigenvalue weighted by molar-refractivity contribution is 5.75. The van der Waals surface area contributed by atoms with Crippen LogP contribution >= 0.6 is 0 Å². The van der Waals surface area contributed by atoms with Gasteiger partial charge in [0.25, 0.3) is 0 Å². The molecule has 12 bridgehead atoms. The number of ether oxygens (including phenoxy) is 6. The maximum atomic E-state index is 11.9. The Hall–Kier alpha value is -10.1. The number of carbonyl (C=O) groups is 2. The summed E-state index contributed by atoms with van der Waals surface area (Å²) >= 11 is 0. The van der Waals surface area contributed by atoms with Crippen molar-refractivity contribution in [2.24, 2.45) is 44.0 Å². The number of likely N-dealkylation sites (tertiary alicyclic amines) is 6. The molecule has 6 saturated heterocycles. The minimum Gasteiger partial charge on any atom is -0.504 e. The van der Waals surface area contributed by atoms with Gasteiger partial charge in [-0.3, -0.25) is 39.0 Å². The van der Waals surface area contributed by atoms with Crippen LogP contribution in [0.2, 0.25) is 0 Å². The minimum absolute atomic E-state index is 0.00742. The van der Waals surface area contributed by atoms with Crippen LogP contribution in [0.4, 0.5) is 0 Å². The van der Waals surface area contributed by atoms with Gasteiger partial charge in [-0.2, -0.15) is 0 Å². The molecule has 0 radical (unpaired) electrons. The monoisotopic (exact) mass is 2040 g/mol. The number of hydrogen-bond acceptors (Lipinski definition) is 24. The first-order valence-electron chi connectivity index (χ1n) is 56.6. The molecule has 30 atom stereocenters. The number of phenols is 6. The molecule has 26 nitrogen and oxygen atoms in total. The number of nitrogens with zero attached hydrogens (tertiary/aromatic N) is 6. The Morgan fingerprint density at radius 3 is 0.700 bits per heavy atom. The van der Waals surface area contributed by atoms with Gasteiger partial charge in [-0.15, -0.1) is 39.5 Å². The van der Waals surface area contributed by atoms with Crippen LogP contribution in [-0.4, -0.2) is 270 Å². The summed E-state index contributed by atoms with van der Waals surface area (Å²) in [7, 11) is 0. The molecule has 6 aromatic rings. The minimum atomic E-state index is -0.456. The van der Waals surface area contributed by atoms with Gasteiger partial charge in [0, 0.05) is 167 Å². The van der Waals surface area contributed by atoms with Crippen molar-refractivity contribution in [3.05, 3.63) is 215 Å². The summed E-state index contributed by atoms with van der Waals surface area (Å²) < 4.78 is 38.2. The second-order valence-corrected chi connectivity index (χ2v) is 51.1. The normalized spacial score (nSPS) is 41.0. The van der Waals surface area contributed by atoms with Crippen molar-refractivity contribution in [3.8, 4) is 69.0 Å². The zero-order chi connectivity index (χ0) is 105. The van der Waals surface area contributed by atoms with Crippen molar-refractivity contribution in [1.82, 2.24) is 40.0 Å². The van der Waals surface area contributed by atoms with E-state index in [1.807, 2.05) is 36.5 Å². The smallest absolute Gasteiger partial charge is 0.217 e. The number of nitrogens with two attached hydrogens (primary N) is 2. The van der Waals surface area contributed by atoms with Gasteiger partial charge in [-0.05, 0) is 296 Å². The Balaban J connectivity index is 0.0000000932. The third-order valence-corrected chi connectivity index (χ3v) is 45.8. The van der Waals surface area contributed by atoms with Gasteiger partial charge >= 0.3 is 0 Å². The summed E-state index contributed by atoms with van der Waals surface area (Å²) in [5, 5.41) is 90.5. The summed E-state index contributed by atoms with van der Waals surface area (Å²) in [5.41, 5.74) is 28.1. The molecular formula is C124H158N10O16. The zero-order valence-corrected chi connectivity index (χ0v) is 89.2. The van der Waals surface area contributed by atoms with Crippen LogP contribution in [0.5, 0.6) is 69.0 Å². The highest BCUT2D eigenvalue weighted by Crippen LogP contribution is 2.77. The summed E-state index contributed by atoms with van der Waals surface area (Å²) in [6.07, 6.45) is 34.1. The van der Waals surface area contributed by atoms with Crippen LogP contribution in [0, 0.1) is 32.5 Å². The summed E-state index contributed by atoms with van der Waals surface area (Å²) in [4.78, 5) is 39.2. The van der Waals surface area contributed by atoms with Gasteiger partial charge in [0.15, 0.2) is 69.0 Å². The molecule has 12 heterocycles. The second-order valence-electron chi connectivity index (χ2n) is 51.1. The first kappa shape index (κ1) is 100. The number of piperidine rings is 6. The van der Waals surface area contributed by atoms with Crippen molar-refractivity contribution >= 4 is 11.8 Å². The van der Waals surface area contributed by atoms with Gasteiger partial charge in [0.2, 0.25) is 11.8 Å². The zero-order valence-electron chi connectivity index (χ0n) is 89.2. The molecule has 0 aromatic heterocycles. The molecule has 6 spiro atoms. The number of benzene rings is 6. The maximum absolute atomic E-state index is 11.9. The molecule has 12 aliphatic heterocycles. The first-order valence-corrected chi connectivity index (χ1v) is 56.6. The highest BCUT2D eigenvalue weighted by atomic mass is 16.5. The largest absolute Gasteiger partial charge is 0.504 e. The molecule has 30 rings (SSSR count). The van der Waals surface area contributed by atoms with Crippen LogP contribution in [0.1, 0.15) is 238 Å². The standard InChI is InChI=1S/2C22H28N2O3.2C20H26N2O2.2C20H25NO3/c2*1-4-10-24-11-9-22-18-14-5-6-16(26)19(18)27-20(22)15(23-13(2)25)7-8-21(22,3)17(24)12-14;2*1-3-9-22-10-8-20-16-12-4-5-14(23)17(16)24-18(20)13(21)6-7-19(20,2)15(22)11-12;2*1-3-9-21-10-8-20-16-12-4-5-13(22)17(16)24-18(20)14(23)6-7-19(20,2)15(21)11-12/h2*4-6,15,17,20,26H,1,7-12H2,2-3H3,(H,23,25);2*3-5,13,15,18,23H,1,6-11,21H2,2H3;2*3-5,14-15,18,22-23H,1,6-11H2,2H3/t15-,17?,20?,21+,22+;15-,17?,20?,21-,22-;13-,15?,18?,19+,20+;13-,15?,18?,19-,20-;14-,15?,18?,19+,20+;14-,15?,18?,19-,20-/m101010/s1.